The highest BCUT2D eigenvalue weighted by atomic mass is 19.4. The van der Waals surface area contributed by atoms with Crippen LogP contribution in [0.25, 0.3) is 17.3 Å². The molecular weight excluding hydrogens is 559 g/mol. The summed E-state index contributed by atoms with van der Waals surface area (Å²) in [5.74, 6) is -1.86. The number of nitrogens with two attached hydrogens (primary N) is 3. The first kappa shape index (κ1) is 30.3. The Balaban J connectivity index is 1.79. The molecule has 42 heavy (non-hydrogen) atoms. The maximum Gasteiger partial charge on any atom is 0.424 e. The second-order valence-corrected chi connectivity index (χ2v) is 10.3. The number of nitrogens with zero attached hydrogens (tertiary/aromatic N) is 1. The summed E-state index contributed by atoms with van der Waals surface area (Å²) in [6.45, 7) is 1.66. The molecule has 3 aromatic rings. The highest BCUT2D eigenvalue weighted by molar-refractivity contribution is 5.96. The van der Waals surface area contributed by atoms with Gasteiger partial charge in [-0.15, -0.1) is 0 Å². The molecule has 2 aromatic carbocycles. The topological polar surface area (TPSA) is 199 Å². The summed E-state index contributed by atoms with van der Waals surface area (Å²) in [5, 5.41) is 33.0. The number of phenols is 2. The molecule has 0 unspecified atom stereocenters. The lowest BCUT2D eigenvalue weighted by atomic mass is 9.89. The van der Waals surface area contributed by atoms with Crippen LogP contribution in [0.4, 0.5) is 18.9 Å². The molecule has 1 aliphatic rings. The number of methoxy groups -OCH3 is 1. The van der Waals surface area contributed by atoms with Gasteiger partial charge in [0.05, 0.1) is 30.6 Å². The number of halogens is 3. The summed E-state index contributed by atoms with van der Waals surface area (Å²) in [6.07, 6.45) is -3.87. The van der Waals surface area contributed by atoms with E-state index in [2.05, 4.69) is 10.3 Å². The Morgan fingerprint density at radius 1 is 1.21 bits per heavy atom. The Morgan fingerprint density at radius 2 is 1.90 bits per heavy atom. The van der Waals surface area contributed by atoms with Crippen LogP contribution >= 0.6 is 0 Å². The number of allylic oxidation sites excluding steroid dienone is 1. The van der Waals surface area contributed by atoms with E-state index in [9.17, 15) is 33.3 Å². The van der Waals surface area contributed by atoms with Crippen LogP contribution in [0.1, 0.15) is 41.0 Å². The molecule has 0 fully saturated rings. The van der Waals surface area contributed by atoms with E-state index in [1.807, 2.05) is 0 Å². The van der Waals surface area contributed by atoms with Crippen LogP contribution < -0.4 is 32.0 Å². The van der Waals surface area contributed by atoms with Gasteiger partial charge in [0, 0.05) is 28.0 Å². The molecule has 0 radical (unpaired) electrons. The molecule has 0 saturated carbocycles. The smallest absolute Gasteiger partial charge is 0.424 e. The SMILES string of the molecule is COc1cc(C(=O)NC[C@](O)(c2cc3c(c(-c4ccc(O)c(O)c4)n2)OC[C@]3(C)N)C(F)(F)F)cc(/C=C(/C)N)c1N. The summed E-state index contributed by atoms with van der Waals surface area (Å²) < 4.78 is 54.6. The highest BCUT2D eigenvalue weighted by Crippen LogP contribution is 2.47. The standard InChI is InChI=1S/C28H30F3N5O6/c1-13(32)6-15-7-16(9-20(41-3)22(15)33)25(39)35-11-27(40,28(29,30)31)21-10-17-24(42-12-26(17,2)34)23(36-21)14-4-5-18(37)19(38)8-14/h4-10,37-38,40H,11-12,32-34H2,1-3H3,(H,35,39)/b13-6-/t26-,27-/m0/s1. The van der Waals surface area contributed by atoms with Gasteiger partial charge < -0.3 is 47.3 Å². The third-order valence-corrected chi connectivity index (χ3v) is 6.79. The number of anilines is 1. The van der Waals surface area contributed by atoms with Gasteiger partial charge in [-0.25, -0.2) is 4.98 Å². The maximum atomic E-state index is 14.6. The lowest BCUT2D eigenvalue weighted by Crippen LogP contribution is -2.51. The normalized spacial score (nSPS) is 18.1. The van der Waals surface area contributed by atoms with Crippen molar-refractivity contribution in [2.75, 3.05) is 26.0 Å². The third kappa shape index (κ3) is 5.45. The van der Waals surface area contributed by atoms with Crippen molar-refractivity contribution in [1.29, 1.82) is 0 Å². The molecule has 2 atom stereocenters. The van der Waals surface area contributed by atoms with Crippen LogP contribution in [-0.2, 0) is 11.1 Å². The van der Waals surface area contributed by atoms with Crippen molar-refractivity contribution >= 4 is 17.7 Å². The van der Waals surface area contributed by atoms with Crippen LogP contribution in [0.3, 0.4) is 0 Å². The largest absolute Gasteiger partial charge is 0.504 e. The van der Waals surface area contributed by atoms with Crippen LogP contribution in [0, 0.1) is 0 Å². The van der Waals surface area contributed by atoms with E-state index >= 15 is 0 Å². The molecule has 14 heteroatoms. The Kier molecular flexibility index (Phi) is 7.65. The first-order valence-electron chi connectivity index (χ1n) is 12.5. The molecule has 224 valence electrons. The van der Waals surface area contributed by atoms with Crippen LogP contribution in [-0.4, -0.2) is 52.6 Å². The minimum absolute atomic E-state index is 0.0483. The summed E-state index contributed by atoms with van der Waals surface area (Å²) in [4.78, 5) is 17.1. The number of amides is 1. The number of hydrogen-bond acceptors (Lipinski definition) is 10. The Labute approximate surface area is 238 Å². The van der Waals surface area contributed by atoms with Gasteiger partial charge in [0.2, 0.25) is 5.60 Å². The second kappa shape index (κ2) is 10.6. The van der Waals surface area contributed by atoms with Crippen LogP contribution in [0.15, 0.2) is 42.1 Å². The summed E-state index contributed by atoms with van der Waals surface area (Å²) >= 11 is 0. The Morgan fingerprint density at radius 3 is 2.50 bits per heavy atom. The van der Waals surface area contributed by atoms with E-state index < -0.39 is 47.0 Å². The Bertz CT molecular complexity index is 1590. The van der Waals surface area contributed by atoms with E-state index in [0.717, 1.165) is 18.2 Å². The number of benzene rings is 2. The van der Waals surface area contributed by atoms with Crippen LogP contribution in [0.2, 0.25) is 0 Å². The quantitative estimate of drug-likeness (QED) is 0.159. The van der Waals surface area contributed by atoms with E-state index in [0.29, 0.717) is 11.3 Å². The minimum atomic E-state index is -5.33. The van der Waals surface area contributed by atoms with Gasteiger partial charge in [-0.1, -0.05) is 0 Å². The van der Waals surface area contributed by atoms with Gasteiger partial charge in [0.15, 0.2) is 17.2 Å². The third-order valence-electron chi connectivity index (χ3n) is 6.79. The van der Waals surface area contributed by atoms with Crippen LogP contribution in [0.5, 0.6) is 23.0 Å². The van der Waals surface area contributed by atoms with Crippen molar-refractivity contribution in [2.45, 2.75) is 31.2 Å². The molecule has 0 spiro atoms. The molecule has 0 bridgehead atoms. The van der Waals surface area contributed by atoms with E-state index in [4.69, 9.17) is 26.7 Å². The van der Waals surface area contributed by atoms with Crippen molar-refractivity contribution in [3.63, 3.8) is 0 Å². The van der Waals surface area contributed by atoms with Gasteiger partial charge in [0.25, 0.3) is 5.91 Å². The molecule has 11 nitrogen and oxygen atoms in total. The fraction of sp³-hybridized carbons (Fsp3) is 0.286. The first-order valence-corrected chi connectivity index (χ1v) is 12.5. The zero-order valence-corrected chi connectivity index (χ0v) is 22.8. The predicted molar refractivity (Wildman–Crippen MR) is 148 cm³/mol. The predicted octanol–water partition coefficient (Wildman–Crippen LogP) is 2.82. The molecule has 4 rings (SSSR count). The van der Waals surface area contributed by atoms with Gasteiger partial charge in [-0.05, 0) is 56.3 Å². The number of nitrogen functional groups attached to an aromatic ring is 1. The Hall–Kier alpha value is -4.69. The average Bonchev–Trinajstić information content (AvgIpc) is 3.22. The summed E-state index contributed by atoms with van der Waals surface area (Å²) in [6, 6.07) is 7.03. The average molecular weight is 590 g/mol. The number of carbonyl (C=O) groups is 1. The molecule has 1 amide bonds. The number of ether oxygens (including phenoxy) is 2. The lowest BCUT2D eigenvalue weighted by molar-refractivity contribution is -0.265. The van der Waals surface area contributed by atoms with Gasteiger partial charge >= 0.3 is 6.18 Å². The fourth-order valence-corrected chi connectivity index (χ4v) is 4.44. The second-order valence-electron chi connectivity index (χ2n) is 10.3. The number of aromatic nitrogens is 1. The molecule has 1 aliphatic heterocycles. The molecule has 10 N–H and O–H groups in total. The van der Waals surface area contributed by atoms with Crippen molar-refractivity contribution in [3.8, 4) is 34.3 Å². The maximum absolute atomic E-state index is 14.6. The molecular formula is C28H30F3N5O6. The molecule has 0 saturated heterocycles. The number of fused-ring (bicyclic) bond motifs is 1. The monoisotopic (exact) mass is 589 g/mol. The molecule has 2 heterocycles. The van der Waals surface area contributed by atoms with Crippen molar-refractivity contribution < 1.29 is 42.8 Å². The van der Waals surface area contributed by atoms with Gasteiger partial charge in [-0.3, -0.25) is 4.79 Å². The number of hydrogen-bond donors (Lipinski definition) is 7. The number of pyridine rings is 1. The van der Waals surface area contributed by atoms with Crippen molar-refractivity contribution in [2.24, 2.45) is 11.5 Å². The summed E-state index contributed by atoms with van der Waals surface area (Å²) in [5.41, 5.74) is 12.9. The number of rotatable bonds is 7. The van der Waals surface area contributed by atoms with Crippen molar-refractivity contribution in [1.82, 2.24) is 10.3 Å². The number of nitrogens with one attached hydrogen (secondary N) is 1. The zero-order chi connectivity index (χ0) is 31.2. The van der Waals surface area contributed by atoms with E-state index in [1.54, 1.807) is 6.92 Å². The lowest BCUT2D eigenvalue weighted by Gasteiger charge is -2.31. The van der Waals surface area contributed by atoms with E-state index in [-0.39, 0.29) is 46.2 Å². The number of phenolic OH excluding ortho intramolecular Hbond substituents is 2. The zero-order valence-electron chi connectivity index (χ0n) is 22.8. The number of aliphatic hydroxyl groups is 1. The fourth-order valence-electron chi connectivity index (χ4n) is 4.44. The highest BCUT2D eigenvalue weighted by Gasteiger charge is 2.57. The summed E-state index contributed by atoms with van der Waals surface area (Å²) in [7, 11) is 1.30. The van der Waals surface area contributed by atoms with E-state index in [1.165, 1.54) is 38.3 Å². The number of carbonyl (C=O) groups excluding carboxylic acids is 1. The first-order chi connectivity index (χ1) is 19.5. The molecule has 1 aromatic heterocycles. The number of alkyl halides is 3. The van der Waals surface area contributed by atoms with Gasteiger partial charge in [-0.2, -0.15) is 13.2 Å². The van der Waals surface area contributed by atoms with Gasteiger partial charge in [0.1, 0.15) is 18.1 Å². The molecule has 0 aliphatic carbocycles. The minimum Gasteiger partial charge on any atom is -0.504 e. The number of aromatic hydroxyl groups is 2. The van der Waals surface area contributed by atoms with Crippen molar-refractivity contribution in [3.05, 3.63) is 64.5 Å².